The summed E-state index contributed by atoms with van der Waals surface area (Å²) in [5, 5.41) is 6.56. The Labute approximate surface area is 121 Å². The first-order chi connectivity index (χ1) is 9.85. The molecule has 0 bridgehead atoms. The zero-order valence-electron chi connectivity index (χ0n) is 11.3. The Kier molecular flexibility index (Phi) is 2.70. The quantitative estimate of drug-likeness (QED) is 0.778. The second-order valence-electron chi connectivity index (χ2n) is 5.17. The Balaban J connectivity index is 1.90. The summed E-state index contributed by atoms with van der Waals surface area (Å²) in [6.07, 6.45) is 2.51. The maximum Gasteiger partial charge on any atom is 0.163 e. The SMILES string of the molecule is CNc1cc(C2CC2)nc(-c2csc3ccccc23)n1. The van der Waals surface area contributed by atoms with Gasteiger partial charge in [-0.3, -0.25) is 0 Å². The average molecular weight is 281 g/mol. The van der Waals surface area contributed by atoms with Gasteiger partial charge in [0.25, 0.3) is 0 Å². The lowest BCUT2D eigenvalue weighted by Crippen LogP contribution is -1.99. The molecule has 0 spiro atoms. The Morgan fingerprint density at radius 2 is 2.05 bits per heavy atom. The van der Waals surface area contributed by atoms with Crippen molar-refractivity contribution in [3.05, 3.63) is 41.4 Å². The van der Waals surface area contributed by atoms with E-state index in [9.17, 15) is 0 Å². The molecule has 3 nitrogen and oxygen atoms in total. The van der Waals surface area contributed by atoms with Crippen molar-refractivity contribution in [2.75, 3.05) is 12.4 Å². The highest BCUT2D eigenvalue weighted by atomic mass is 32.1. The zero-order chi connectivity index (χ0) is 13.5. The van der Waals surface area contributed by atoms with Crippen LogP contribution in [0.5, 0.6) is 0 Å². The van der Waals surface area contributed by atoms with Crippen LogP contribution in [0.2, 0.25) is 0 Å². The molecule has 2 heterocycles. The van der Waals surface area contributed by atoms with Crippen LogP contribution in [0.1, 0.15) is 24.5 Å². The largest absolute Gasteiger partial charge is 0.373 e. The van der Waals surface area contributed by atoms with Gasteiger partial charge in [-0.1, -0.05) is 18.2 Å². The molecule has 1 aliphatic rings. The maximum absolute atomic E-state index is 4.79. The lowest BCUT2D eigenvalue weighted by molar-refractivity contribution is 0.996. The fraction of sp³-hybridized carbons (Fsp3) is 0.250. The summed E-state index contributed by atoms with van der Waals surface area (Å²) in [6, 6.07) is 10.5. The van der Waals surface area contributed by atoms with Gasteiger partial charge in [0, 0.05) is 45.8 Å². The van der Waals surface area contributed by atoms with Crippen LogP contribution in [0.25, 0.3) is 21.5 Å². The fourth-order valence-corrected chi connectivity index (χ4v) is 3.39. The normalized spacial score (nSPS) is 14.7. The third kappa shape index (κ3) is 1.96. The minimum absolute atomic E-state index is 0.633. The van der Waals surface area contributed by atoms with Crippen LogP contribution in [0.15, 0.2) is 35.7 Å². The lowest BCUT2D eigenvalue weighted by atomic mass is 10.1. The number of thiophene rings is 1. The van der Waals surface area contributed by atoms with Crippen molar-refractivity contribution in [3.8, 4) is 11.4 Å². The molecular formula is C16H15N3S. The Morgan fingerprint density at radius 1 is 1.20 bits per heavy atom. The number of aromatic nitrogens is 2. The minimum Gasteiger partial charge on any atom is -0.373 e. The summed E-state index contributed by atoms with van der Waals surface area (Å²) in [6.45, 7) is 0. The minimum atomic E-state index is 0.633. The van der Waals surface area contributed by atoms with Gasteiger partial charge in [0.2, 0.25) is 0 Å². The number of nitrogens with one attached hydrogen (secondary N) is 1. The van der Waals surface area contributed by atoms with Crippen molar-refractivity contribution in [2.24, 2.45) is 0 Å². The molecule has 4 heteroatoms. The van der Waals surface area contributed by atoms with E-state index in [-0.39, 0.29) is 0 Å². The van der Waals surface area contributed by atoms with Gasteiger partial charge in [0.1, 0.15) is 5.82 Å². The number of rotatable bonds is 3. The van der Waals surface area contributed by atoms with Crippen LogP contribution in [0.3, 0.4) is 0 Å². The molecule has 1 aliphatic carbocycles. The molecule has 0 aliphatic heterocycles. The van der Waals surface area contributed by atoms with Crippen LogP contribution in [0, 0.1) is 0 Å². The average Bonchev–Trinajstić information content (AvgIpc) is 3.26. The first-order valence-electron chi connectivity index (χ1n) is 6.88. The van der Waals surface area contributed by atoms with Crippen LogP contribution in [0.4, 0.5) is 5.82 Å². The van der Waals surface area contributed by atoms with Crippen molar-refractivity contribution in [2.45, 2.75) is 18.8 Å². The van der Waals surface area contributed by atoms with Crippen molar-refractivity contribution in [3.63, 3.8) is 0 Å². The van der Waals surface area contributed by atoms with Crippen molar-refractivity contribution in [1.82, 2.24) is 9.97 Å². The van der Waals surface area contributed by atoms with Gasteiger partial charge in [-0.2, -0.15) is 0 Å². The molecule has 0 amide bonds. The predicted molar refractivity (Wildman–Crippen MR) is 84.4 cm³/mol. The summed E-state index contributed by atoms with van der Waals surface area (Å²) < 4.78 is 1.29. The molecule has 1 fully saturated rings. The Bertz CT molecular complexity index is 774. The number of fused-ring (bicyclic) bond motifs is 1. The topological polar surface area (TPSA) is 37.8 Å². The molecule has 0 atom stereocenters. The highest BCUT2D eigenvalue weighted by molar-refractivity contribution is 7.17. The van der Waals surface area contributed by atoms with Crippen molar-refractivity contribution >= 4 is 27.2 Å². The van der Waals surface area contributed by atoms with Gasteiger partial charge >= 0.3 is 0 Å². The molecular weight excluding hydrogens is 266 g/mol. The number of anilines is 1. The van der Waals surface area contributed by atoms with E-state index in [1.165, 1.54) is 28.6 Å². The van der Waals surface area contributed by atoms with Gasteiger partial charge in [-0.05, 0) is 18.9 Å². The van der Waals surface area contributed by atoms with Crippen LogP contribution >= 0.6 is 11.3 Å². The highest BCUT2D eigenvalue weighted by Crippen LogP contribution is 2.41. The van der Waals surface area contributed by atoms with E-state index in [0.717, 1.165) is 17.2 Å². The third-order valence-electron chi connectivity index (χ3n) is 3.72. The Morgan fingerprint density at radius 3 is 2.85 bits per heavy atom. The van der Waals surface area contributed by atoms with Crippen LogP contribution in [-0.2, 0) is 0 Å². The number of benzene rings is 1. The van der Waals surface area contributed by atoms with Gasteiger partial charge in [-0.25, -0.2) is 9.97 Å². The molecule has 0 unspecified atom stereocenters. The number of hydrogen-bond acceptors (Lipinski definition) is 4. The summed E-state index contributed by atoms with van der Waals surface area (Å²) in [4.78, 5) is 9.43. The standard InChI is InChI=1S/C16H15N3S/c1-17-15-8-13(10-6-7-10)18-16(19-15)12-9-20-14-5-3-2-4-11(12)14/h2-5,8-10H,6-7H2,1H3,(H,17,18,19). The molecule has 0 saturated heterocycles. The second-order valence-corrected chi connectivity index (χ2v) is 6.08. The van der Waals surface area contributed by atoms with E-state index >= 15 is 0 Å². The van der Waals surface area contributed by atoms with E-state index in [1.54, 1.807) is 11.3 Å². The van der Waals surface area contributed by atoms with Gasteiger partial charge < -0.3 is 5.32 Å². The molecule has 0 radical (unpaired) electrons. The molecule has 1 N–H and O–H groups in total. The van der Waals surface area contributed by atoms with E-state index in [1.807, 2.05) is 7.05 Å². The first kappa shape index (κ1) is 11.9. The molecule has 1 aromatic carbocycles. The smallest absolute Gasteiger partial charge is 0.163 e. The van der Waals surface area contributed by atoms with E-state index in [4.69, 9.17) is 4.98 Å². The zero-order valence-corrected chi connectivity index (χ0v) is 12.1. The van der Waals surface area contributed by atoms with Crippen molar-refractivity contribution < 1.29 is 0 Å². The molecule has 3 aromatic rings. The maximum atomic E-state index is 4.79. The first-order valence-corrected chi connectivity index (χ1v) is 7.76. The van der Waals surface area contributed by atoms with Crippen molar-refractivity contribution in [1.29, 1.82) is 0 Å². The van der Waals surface area contributed by atoms with Gasteiger partial charge in [0.05, 0.1) is 0 Å². The van der Waals surface area contributed by atoms with E-state index in [2.05, 4.69) is 46.0 Å². The van der Waals surface area contributed by atoms with Gasteiger partial charge in [0.15, 0.2) is 5.82 Å². The fourth-order valence-electron chi connectivity index (χ4n) is 2.45. The predicted octanol–water partition coefficient (Wildman–Crippen LogP) is 4.28. The molecule has 2 aromatic heterocycles. The lowest BCUT2D eigenvalue weighted by Gasteiger charge is -2.06. The van der Waals surface area contributed by atoms with Crippen LogP contribution in [-0.4, -0.2) is 17.0 Å². The number of hydrogen-bond donors (Lipinski definition) is 1. The van der Waals surface area contributed by atoms with Gasteiger partial charge in [-0.15, -0.1) is 11.3 Å². The molecule has 1 saturated carbocycles. The Hall–Kier alpha value is -1.94. The molecule has 20 heavy (non-hydrogen) atoms. The summed E-state index contributed by atoms with van der Waals surface area (Å²) in [5.41, 5.74) is 2.32. The third-order valence-corrected chi connectivity index (χ3v) is 4.68. The monoisotopic (exact) mass is 281 g/mol. The van der Waals surface area contributed by atoms with E-state index in [0.29, 0.717) is 5.92 Å². The molecule has 4 rings (SSSR count). The van der Waals surface area contributed by atoms with Crippen LogP contribution < -0.4 is 5.32 Å². The summed E-state index contributed by atoms with van der Waals surface area (Å²) >= 11 is 1.75. The summed E-state index contributed by atoms with van der Waals surface area (Å²) in [7, 11) is 1.91. The number of nitrogens with zero attached hydrogens (tertiary/aromatic N) is 2. The highest BCUT2D eigenvalue weighted by Gasteiger charge is 2.26. The molecule has 100 valence electrons. The summed E-state index contributed by atoms with van der Waals surface area (Å²) in [5.74, 6) is 2.39. The second kappa shape index (κ2) is 4.56. The van der Waals surface area contributed by atoms with E-state index < -0.39 is 0 Å².